The van der Waals surface area contributed by atoms with Gasteiger partial charge in [-0.15, -0.1) is 0 Å². The Labute approximate surface area is 97.8 Å². The summed E-state index contributed by atoms with van der Waals surface area (Å²) >= 11 is 0. The molecule has 0 aliphatic heterocycles. The van der Waals surface area contributed by atoms with Crippen molar-refractivity contribution in [3.05, 3.63) is 41.7 Å². The monoisotopic (exact) mass is 228 g/mol. The van der Waals surface area contributed by atoms with Crippen LogP contribution in [0.5, 0.6) is 0 Å². The lowest BCUT2D eigenvalue weighted by molar-refractivity contribution is 0.459. The van der Waals surface area contributed by atoms with Crippen molar-refractivity contribution in [2.75, 3.05) is 5.32 Å². The summed E-state index contributed by atoms with van der Waals surface area (Å²) in [6.45, 7) is 2.67. The number of anilines is 1. The molecule has 5 nitrogen and oxygen atoms in total. The third-order valence-electron chi connectivity index (χ3n) is 2.76. The van der Waals surface area contributed by atoms with Crippen LogP contribution in [-0.2, 0) is 6.54 Å². The number of nitrogens with zero attached hydrogens (tertiary/aromatic N) is 2. The van der Waals surface area contributed by atoms with Crippen LogP contribution in [0, 0.1) is 6.92 Å². The Bertz CT molecular complexity index is 641. The standard InChI is InChI=1S/C12H12N4O/c1-8-9(7-14-15-8)6-13-12-10-4-2-3-5-11(10)17-16-12/h2-5,7H,6H2,1H3,(H,13,16)(H,14,15). The summed E-state index contributed by atoms with van der Waals surface area (Å²) in [5.41, 5.74) is 2.97. The Morgan fingerprint density at radius 2 is 2.24 bits per heavy atom. The molecule has 0 aliphatic rings. The van der Waals surface area contributed by atoms with Gasteiger partial charge in [-0.1, -0.05) is 17.3 Å². The van der Waals surface area contributed by atoms with Crippen LogP contribution in [0.2, 0.25) is 0 Å². The maximum atomic E-state index is 5.21. The molecular formula is C12H12N4O. The van der Waals surface area contributed by atoms with Crippen LogP contribution < -0.4 is 5.32 Å². The minimum absolute atomic E-state index is 0.679. The molecule has 0 aliphatic carbocycles. The molecule has 0 spiro atoms. The van der Waals surface area contributed by atoms with Gasteiger partial charge in [0, 0.05) is 17.8 Å². The van der Waals surface area contributed by atoms with Crippen molar-refractivity contribution in [3.8, 4) is 0 Å². The van der Waals surface area contributed by atoms with E-state index in [0.717, 1.165) is 28.0 Å². The molecule has 3 rings (SSSR count). The lowest BCUT2D eigenvalue weighted by atomic mass is 10.2. The smallest absolute Gasteiger partial charge is 0.177 e. The molecule has 86 valence electrons. The Kier molecular flexibility index (Phi) is 2.29. The van der Waals surface area contributed by atoms with Crippen LogP contribution in [0.4, 0.5) is 5.82 Å². The zero-order valence-corrected chi connectivity index (χ0v) is 9.40. The van der Waals surface area contributed by atoms with Crippen molar-refractivity contribution in [1.82, 2.24) is 15.4 Å². The quantitative estimate of drug-likeness (QED) is 0.722. The number of nitrogens with one attached hydrogen (secondary N) is 2. The Morgan fingerprint density at radius 1 is 1.35 bits per heavy atom. The first-order valence-electron chi connectivity index (χ1n) is 5.42. The van der Waals surface area contributed by atoms with Crippen molar-refractivity contribution in [2.45, 2.75) is 13.5 Å². The van der Waals surface area contributed by atoms with Gasteiger partial charge < -0.3 is 9.84 Å². The second-order valence-electron chi connectivity index (χ2n) is 3.90. The number of aromatic nitrogens is 3. The van der Waals surface area contributed by atoms with E-state index >= 15 is 0 Å². The summed E-state index contributed by atoms with van der Waals surface area (Å²) in [5.74, 6) is 0.765. The van der Waals surface area contributed by atoms with Crippen LogP contribution in [-0.4, -0.2) is 15.4 Å². The molecule has 0 atom stereocenters. The van der Waals surface area contributed by atoms with Gasteiger partial charge in [0.1, 0.15) is 0 Å². The van der Waals surface area contributed by atoms with Crippen LogP contribution in [0.3, 0.4) is 0 Å². The zero-order valence-electron chi connectivity index (χ0n) is 9.40. The first-order chi connectivity index (χ1) is 8.34. The molecule has 3 aromatic rings. The van der Waals surface area contributed by atoms with E-state index in [1.54, 1.807) is 0 Å². The molecule has 0 amide bonds. The molecule has 1 aromatic carbocycles. The molecule has 2 heterocycles. The topological polar surface area (TPSA) is 66.7 Å². The van der Waals surface area contributed by atoms with E-state index in [0.29, 0.717) is 6.54 Å². The van der Waals surface area contributed by atoms with Crippen LogP contribution in [0.25, 0.3) is 11.0 Å². The minimum atomic E-state index is 0.679. The first kappa shape index (κ1) is 9.89. The van der Waals surface area contributed by atoms with Crippen molar-refractivity contribution < 1.29 is 4.52 Å². The summed E-state index contributed by atoms with van der Waals surface area (Å²) in [4.78, 5) is 0. The zero-order chi connectivity index (χ0) is 11.7. The third-order valence-corrected chi connectivity index (χ3v) is 2.76. The second-order valence-corrected chi connectivity index (χ2v) is 3.90. The third kappa shape index (κ3) is 1.75. The molecule has 0 saturated carbocycles. The number of para-hydroxylation sites is 1. The molecular weight excluding hydrogens is 216 g/mol. The van der Waals surface area contributed by atoms with Crippen molar-refractivity contribution >= 4 is 16.8 Å². The predicted octanol–water partition coefficient (Wildman–Crippen LogP) is 2.47. The van der Waals surface area contributed by atoms with Gasteiger partial charge in [-0.05, 0) is 19.1 Å². The number of hydrogen-bond donors (Lipinski definition) is 2. The largest absolute Gasteiger partial charge is 0.363 e. The van der Waals surface area contributed by atoms with E-state index in [9.17, 15) is 0 Å². The Balaban J connectivity index is 1.84. The maximum absolute atomic E-state index is 5.21. The molecule has 0 saturated heterocycles. The molecule has 2 aromatic heterocycles. The number of rotatable bonds is 3. The molecule has 5 heteroatoms. The molecule has 0 bridgehead atoms. The highest BCUT2D eigenvalue weighted by Gasteiger charge is 2.07. The first-order valence-corrected chi connectivity index (χ1v) is 5.42. The number of aryl methyl sites for hydroxylation is 1. The van der Waals surface area contributed by atoms with Gasteiger partial charge in [-0.2, -0.15) is 5.10 Å². The summed E-state index contributed by atoms with van der Waals surface area (Å²) in [6, 6.07) is 7.78. The fourth-order valence-electron chi connectivity index (χ4n) is 1.75. The van der Waals surface area contributed by atoms with E-state index in [4.69, 9.17) is 4.52 Å². The normalized spacial score (nSPS) is 10.9. The number of hydrogen-bond acceptors (Lipinski definition) is 4. The number of fused-ring (bicyclic) bond motifs is 1. The average Bonchev–Trinajstić information content (AvgIpc) is 2.93. The van der Waals surface area contributed by atoms with E-state index in [2.05, 4.69) is 20.7 Å². The molecule has 0 radical (unpaired) electrons. The van der Waals surface area contributed by atoms with E-state index in [-0.39, 0.29) is 0 Å². The van der Waals surface area contributed by atoms with Gasteiger partial charge in [0.15, 0.2) is 11.4 Å². The number of benzene rings is 1. The average molecular weight is 228 g/mol. The second kappa shape index (κ2) is 3.93. The van der Waals surface area contributed by atoms with E-state index < -0.39 is 0 Å². The summed E-state index contributed by atoms with van der Waals surface area (Å²) in [6.07, 6.45) is 1.81. The van der Waals surface area contributed by atoms with Crippen LogP contribution in [0.15, 0.2) is 35.0 Å². The lowest BCUT2D eigenvalue weighted by Crippen LogP contribution is -2.00. The molecule has 0 fully saturated rings. The van der Waals surface area contributed by atoms with Crippen molar-refractivity contribution in [3.63, 3.8) is 0 Å². The highest BCUT2D eigenvalue weighted by molar-refractivity contribution is 5.87. The van der Waals surface area contributed by atoms with Gasteiger partial charge in [0.25, 0.3) is 0 Å². The number of aromatic amines is 1. The van der Waals surface area contributed by atoms with Crippen LogP contribution in [0.1, 0.15) is 11.3 Å². The summed E-state index contributed by atoms with van der Waals surface area (Å²) in [7, 11) is 0. The van der Waals surface area contributed by atoms with Gasteiger partial charge in [-0.3, -0.25) is 5.10 Å². The fraction of sp³-hybridized carbons (Fsp3) is 0.167. The lowest BCUT2D eigenvalue weighted by Gasteiger charge is -2.01. The van der Waals surface area contributed by atoms with Gasteiger partial charge in [-0.25, -0.2) is 0 Å². The molecule has 0 unspecified atom stereocenters. The minimum Gasteiger partial charge on any atom is -0.363 e. The number of H-pyrrole nitrogens is 1. The molecule has 17 heavy (non-hydrogen) atoms. The van der Waals surface area contributed by atoms with Crippen molar-refractivity contribution in [1.29, 1.82) is 0 Å². The summed E-state index contributed by atoms with van der Waals surface area (Å²) in [5, 5.41) is 15.1. The predicted molar refractivity (Wildman–Crippen MR) is 64.7 cm³/mol. The highest BCUT2D eigenvalue weighted by Crippen LogP contribution is 2.22. The SMILES string of the molecule is Cc1[nH]ncc1CNc1noc2ccccc12. The van der Waals surface area contributed by atoms with E-state index in [1.165, 1.54) is 0 Å². The molecule has 2 N–H and O–H groups in total. The van der Waals surface area contributed by atoms with Crippen LogP contribution >= 0.6 is 0 Å². The highest BCUT2D eigenvalue weighted by atomic mass is 16.5. The van der Waals surface area contributed by atoms with E-state index in [1.807, 2.05) is 37.4 Å². The van der Waals surface area contributed by atoms with Gasteiger partial charge in [0.05, 0.1) is 11.6 Å². The maximum Gasteiger partial charge on any atom is 0.177 e. The fourth-order valence-corrected chi connectivity index (χ4v) is 1.75. The summed E-state index contributed by atoms with van der Waals surface area (Å²) < 4.78 is 5.21. The van der Waals surface area contributed by atoms with Gasteiger partial charge >= 0.3 is 0 Å². The van der Waals surface area contributed by atoms with Gasteiger partial charge in [0.2, 0.25) is 0 Å². The Hall–Kier alpha value is -2.30. The van der Waals surface area contributed by atoms with Crippen molar-refractivity contribution in [2.24, 2.45) is 0 Å². The Morgan fingerprint density at radius 3 is 3.06 bits per heavy atom.